The van der Waals surface area contributed by atoms with Crippen LogP contribution in [0.1, 0.15) is 26.7 Å². The molecule has 2 rings (SSSR count). The quantitative estimate of drug-likeness (QED) is 0.869. The molecule has 0 radical (unpaired) electrons. The molecule has 0 spiro atoms. The molecule has 2 N–H and O–H groups in total. The van der Waals surface area contributed by atoms with Crippen molar-refractivity contribution in [1.82, 2.24) is 5.32 Å². The van der Waals surface area contributed by atoms with Crippen molar-refractivity contribution in [3.63, 3.8) is 0 Å². The third-order valence-corrected chi connectivity index (χ3v) is 3.74. The molecule has 0 aliphatic carbocycles. The first kappa shape index (κ1) is 13.9. The summed E-state index contributed by atoms with van der Waals surface area (Å²) in [6.07, 6.45) is 1.33. The molecule has 1 fully saturated rings. The van der Waals surface area contributed by atoms with E-state index in [-0.39, 0.29) is 24.1 Å². The van der Waals surface area contributed by atoms with Gasteiger partial charge in [0.2, 0.25) is 5.91 Å². The molecule has 1 unspecified atom stereocenters. The van der Waals surface area contributed by atoms with Gasteiger partial charge in [0.05, 0.1) is 0 Å². The lowest BCUT2D eigenvalue weighted by atomic mass is 9.95. The minimum atomic E-state index is -0.315. The van der Waals surface area contributed by atoms with E-state index < -0.39 is 0 Å². The number of nitrogens with one attached hydrogen (secondary N) is 1. The predicted molar refractivity (Wildman–Crippen MR) is 76.1 cm³/mol. The molecule has 1 amide bonds. The molecular weight excluding hydrogens is 240 g/mol. The van der Waals surface area contributed by atoms with Crippen molar-refractivity contribution in [1.29, 1.82) is 0 Å². The van der Waals surface area contributed by atoms with Gasteiger partial charge < -0.3 is 15.3 Å². The molecule has 104 valence electrons. The lowest BCUT2D eigenvalue weighted by molar-refractivity contribution is -0.122. The predicted octanol–water partition coefficient (Wildman–Crippen LogP) is 1.54. The van der Waals surface area contributed by atoms with Gasteiger partial charge in [0.1, 0.15) is 6.04 Å². The summed E-state index contributed by atoms with van der Waals surface area (Å²) in [6, 6.07) is 9.64. The number of carbonyl (C=O) groups is 1. The molecule has 1 atom stereocenters. The van der Waals surface area contributed by atoms with Gasteiger partial charge in [0.25, 0.3) is 0 Å². The van der Waals surface area contributed by atoms with Crippen LogP contribution < -0.4 is 10.2 Å². The van der Waals surface area contributed by atoms with E-state index in [0.29, 0.717) is 13.0 Å². The Morgan fingerprint density at radius 3 is 2.68 bits per heavy atom. The van der Waals surface area contributed by atoms with Crippen molar-refractivity contribution in [2.24, 2.45) is 0 Å². The average Bonchev–Trinajstić information content (AvgIpc) is 2.48. The van der Waals surface area contributed by atoms with Crippen LogP contribution in [-0.4, -0.2) is 35.7 Å². The number of amides is 1. The third-order valence-electron chi connectivity index (χ3n) is 3.74. The summed E-state index contributed by atoms with van der Waals surface area (Å²) in [4.78, 5) is 14.4. The van der Waals surface area contributed by atoms with Gasteiger partial charge in [-0.25, -0.2) is 0 Å². The molecule has 0 bridgehead atoms. The summed E-state index contributed by atoms with van der Waals surface area (Å²) in [7, 11) is 0. The highest BCUT2D eigenvalue weighted by Crippen LogP contribution is 2.31. The van der Waals surface area contributed by atoms with Crippen LogP contribution in [0.3, 0.4) is 0 Å². The normalized spacial score (nSPS) is 22.8. The molecule has 4 nitrogen and oxygen atoms in total. The van der Waals surface area contributed by atoms with Crippen molar-refractivity contribution >= 4 is 11.6 Å². The molecule has 4 heteroatoms. The van der Waals surface area contributed by atoms with Crippen LogP contribution >= 0.6 is 0 Å². The van der Waals surface area contributed by atoms with Crippen molar-refractivity contribution in [2.45, 2.75) is 38.3 Å². The number of anilines is 1. The third kappa shape index (κ3) is 2.89. The van der Waals surface area contributed by atoms with Crippen molar-refractivity contribution in [3.8, 4) is 0 Å². The van der Waals surface area contributed by atoms with Gasteiger partial charge in [-0.2, -0.15) is 0 Å². The van der Waals surface area contributed by atoms with E-state index in [2.05, 4.69) is 24.1 Å². The highest BCUT2D eigenvalue weighted by atomic mass is 16.3. The highest BCUT2D eigenvalue weighted by Gasteiger charge is 2.38. The van der Waals surface area contributed by atoms with E-state index in [9.17, 15) is 9.90 Å². The zero-order valence-corrected chi connectivity index (χ0v) is 11.6. The monoisotopic (exact) mass is 262 g/mol. The van der Waals surface area contributed by atoms with Gasteiger partial charge >= 0.3 is 0 Å². The summed E-state index contributed by atoms with van der Waals surface area (Å²) in [5, 5.41) is 12.2. The number of para-hydroxylation sites is 1. The van der Waals surface area contributed by atoms with E-state index in [1.54, 1.807) is 0 Å². The van der Waals surface area contributed by atoms with Gasteiger partial charge in [-0.3, -0.25) is 4.79 Å². The Bertz CT molecular complexity index is 431. The largest absolute Gasteiger partial charge is 0.396 e. The average molecular weight is 262 g/mol. The van der Waals surface area contributed by atoms with Crippen LogP contribution in [-0.2, 0) is 4.79 Å². The minimum Gasteiger partial charge on any atom is -0.396 e. The zero-order valence-electron chi connectivity index (χ0n) is 11.6. The Morgan fingerprint density at radius 1 is 1.37 bits per heavy atom. The van der Waals surface area contributed by atoms with E-state index in [0.717, 1.165) is 12.1 Å². The van der Waals surface area contributed by atoms with Gasteiger partial charge in [-0.1, -0.05) is 18.2 Å². The van der Waals surface area contributed by atoms with E-state index >= 15 is 0 Å². The van der Waals surface area contributed by atoms with Gasteiger partial charge in [-0.05, 0) is 38.8 Å². The van der Waals surface area contributed by atoms with E-state index in [4.69, 9.17) is 0 Å². The Balaban J connectivity index is 2.42. The standard InChI is InChI=1S/C15H22N2O2/c1-15(2)9-10-16-14(19)13(8-11-18)17(15)12-6-4-3-5-7-12/h3-7,13,18H,8-11H2,1-2H3,(H,16,19). The second kappa shape index (κ2) is 5.61. The van der Waals surface area contributed by atoms with Crippen molar-refractivity contribution in [2.75, 3.05) is 18.1 Å². The number of rotatable bonds is 3. The summed E-state index contributed by atoms with van der Waals surface area (Å²) in [6.45, 7) is 4.98. The fourth-order valence-electron chi connectivity index (χ4n) is 2.77. The first-order valence-electron chi connectivity index (χ1n) is 6.79. The van der Waals surface area contributed by atoms with E-state index in [1.807, 2.05) is 30.3 Å². The topological polar surface area (TPSA) is 52.6 Å². The number of hydrogen-bond donors (Lipinski definition) is 2. The number of aliphatic hydroxyl groups is 1. The SMILES string of the molecule is CC1(C)CCNC(=O)C(CCO)N1c1ccccc1. The van der Waals surface area contributed by atoms with Crippen LogP contribution in [0.5, 0.6) is 0 Å². The fraction of sp³-hybridized carbons (Fsp3) is 0.533. The van der Waals surface area contributed by atoms with Gasteiger partial charge in [0.15, 0.2) is 0 Å². The lowest BCUT2D eigenvalue weighted by Crippen LogP contribution is -2.53. The minimum absolute atomic E-state index is 0.00322. The van der Waals surface area contributed by atoms with Crippen molar-refractivity contribution < 1.29 is 9.90 Å². The maximum absolute atomic E-state index is 12.2. The smallest absolute Gasteiger partial charge is 0.242 e. The molecule has 1 aliphatic heterocycles. The number of carbonyl (C=O) groups excluding carboxylic acids is 1. The second-order valence-electron chi connectivity index (χ2n) is 5.59. The Hall–Kier alpha value is -1.55. The Labute approximate surface area is 114 Å². The van der Waals surface area contributed by atoms with E-state index in [1.165, 1.54) is 0 Å². The zero-order chi connectivity index (χ0) is 13.9. The van der Waals surface area contributed by atoms with Gasteiger partial charge in [0, 0.05) is 24.4 Å². The molecule has 1 aromatic rings. The molecule has 0 aromatic heterocycles. The summed E-state index contributed by atoms with van der Waals surface area (Å²) in [5.74, 6) is 0.00322. The second-order valence-corrected chi connectivity index (χ2v) is 5.59. The summed E-state index contributed by atoms with van der Waals surface area (Å²) < 4.78 is 0. The first-order chi connectivity index (χ1) is 9.06. The highest BCUT2D eigenvalue weighted by molar-refractivity contribution is 5.86. The number of nitrogens with zero attached hydrogens (tertiary/aromatic N) is 1. The van der Waals surface area contributed by atoms with Crippen molar-refractivity contribution in [3.05, 3.63) is 30.3 Å². The molecule has 1 saturated heterocycles. The molecule has 0 saturated carbocycles. The number of aliphatic hydroxyl groups excluding tert-OH is 1. The molecular formula is C15H22N2O2. The van der Waals surface area contributed by atoms with Gasteiger partial charge in [-0.15, -0.1) is 0 Å². The van der Waals surface area contributed by atoms with Crippen LogP contribution in [0, 0.1) is 0 Å². The molecule has 1 aliphatic rings. The summed E-state index contributed by atoms with van der Waals surface area (Å²) in [5.41, 5.74) is 0.906. The number of hydrogen-bond acceptors (Lipinski definition) is 3. The Morgan fingerprint density at radius 2 is 2.05 bits per heavy atom. The molecule has 1 heterocycles. The fourth-order valence-corrected chi connectivity index (χ4v) is 2.77. The van der Waals surface area contributed by atoms with Crippen LogP contribution in [0.4, 0.5) is 5.69 Å². The summed E-state index contributed by atoms with van der Waals surface area (Å²) >= 11 is 0. The Kier molecular flexibility index (Phi) is 4.10. The lowest BCUT2D eigenvalue weighted by Gasteiger charge is -2.42. The number of benzene rings is 1. The first-order valence-corrected chi connectivity index (χ1v) is 6.79. The maximum atomic E-state index is 12.2. The molecule has 1 aromatic carbocycles. The van der Waals surface area contributed by atoms with Crippen LogP contribution in [0.2, 0.25) is 0 Å². The van der Waals surface area contributed by atoms with Crippen LogP contribution in [0.25, 0.3) is 0 Å². The maximum Gasteiger partial charge on any atom is 0.242 e. The van der Waals surface area contributed by atoms with Crippen LogP contribution in [0.15, 0.2) is 30.3 Å². The molecule has 19 heavy (non-hydrogen) atoms.